The maximum atomic E-state index is 12.6. The molecule has 0 atom stereocenters. The number of para-hydroxylation sites is 1. The normalized spacial score (nSPS) is 10.4. The largest absolute Gasteiger partial charge is 0.304 e. The van der Waals surface area contributed by atoms with Gasteiger partial charge in [-0.1, -0.05) is 36.0 Å². The molecule has 0 aliphatic heterocycles. The molecule has 0 radical (unpaired) electrons. The molecule has 1 amide bonds. The summed E-state index contributed by atoms with van der Waals surface area (Å²) in [6.45, 7) is 0.0165. The van der Waals surface area contributed by atoms with Crippen LogP contribution >= 0.6 is 23.1 Å². The number of amides is 1. The molecule has 0 saturated carbocycles. The monoisotopic (exact) mass is 369 g/mol. The number of carbonyl (C=O) groups is 1. The molecular weight excluding hydrogens is 354 g/mol. The smallest absolute Gasteiger partial charge is 0.238 e. The van der Waals surface area contributed by atoms with E-state index >= 15 is 0 Å². The van der Waals surface area contributed by atoms with E-state index in [-0.39, 0.29) is 18.2 Å². The Balaban J connectivity index is 1.70. The van der Waals surface area contributed by atoms with Gasteiger partial charge in [0.25, 0.3) is 0 Å². The van der Waals surface area contributed by atoms with Crippen LogP contribution in [0, 0.1) is 11.3 Å². The molecule has 0 aliphatic rings. The van der Waals surface area contributed by atoms with Crippen LogP contribution in [-0.2, 0) is 11.8 Å². The predicted octanol–water partition coefficient (Wildman–Crippen LogP) is 3.19. The maximum Gasteiger partial charge on any atom is 0.238 e. The Morgan fingerprint density at radius 3 is 2.76 bits per heavy atom. The molecule has 0 fully saturated rings. The molecule has 3 rings (SSSR count). The van der Waals surface area contributed by atoms with Gasteiger partial charge in [0.1, 0.15) is 6.54 Å². The average Bonchev–Trinajstić information content (AvgIpc) is 3.28. The summed E-state index contributed by atoms with van der Waals surface area (Å²) < 4.78 is 1.88. The molecule has 1 aromatic carbocycles. The lowest BCUT2D eigenvalue weighted by Gasteiger charge is -2.19. The highest BCUT2D eigenvalue weighted by Gasteiger charge is 2.18. The standard InChI is InChI=1S/C17H15N5OS2/c1-21-16(14-8-5-11-24-14)19-20-17(21)25-12-15(23)22(10-9-18)13-6-3-2-4-7-13/h2-8,11H,10,12H2,1H3. The average molecular weight is 369 g/mol. The van der Waals surface area contributed by atoms with Gasteiger partial charge >= 0.3 is 0 Å². The zero-order valence-electron chi connectivity index (χ0n) is 13.5. The van der Waals surface area contributed by atoms with Crippen LogP contribution < -0.4 is 4.90 Å². The van der Waals surface area contributed by atoms with E-state index in [1.54, 1.807) is 11.3 Å². The molecule has 8 heteroatoms. The fourth-order valence-electron chi connectivity index (χ4n) is 2.27. The number of hydrogen-bond acceptors (Lipinski definition) is 6. The molecular formula is C17H15N5OS2. The van der Waals surface area contributed by atoms with Gasteiger partial charge in [0.2, 0.25) is 5.91 Å². The molecule has 6 nitrogen and oxygen atoms in total. The second kappa shape index (κ2) is 7.96. The molecule has 0 unspecified atom stereocenters. The van der Waals surface area contributed by atoms with Crippen molar-refractivity contribution >= 4 is 34.7 Å². The number of nitriles is 1. The van der Waals surface area contributed by atoms with Crippen molar-refractivity contribution in [2.75, 3.05) is 17.2 Å². The minimum Gasteiger partial charge on any atom is -0.304 e. The van der Waals surface area contributed by atoms with Crippen molar-refractivity contribution in [2.24, 2.45) is 7.05 Å². The van der Waals surface area contributed by atoms with Gasteiger partial charge in [0.05, 0.1) is 16.7 Å². The third-order valence-electron chi connectivity index (χ3n) is 3.50. The van der Waals surface area contributed by atoms with Crippen LogP contribution in [0.1, 0.15) is 0 Å². The Kier molecular flexibility index (Phi) is 5.48. The summed E-state index contributed by atoms with van der Waals surface area (Å²) in [4.78, 5) is 15.1. The van der Waals surface area contributed by atoms with Crippen molar-refractivity contribution in [1.29, 1.82) is 5.26 Å². The van der Waals surface area contributed by atoms with Crippen molar-refractivity contribution in [3.8, 4) is 16.8 Å². The minimum atomic E-state index is -0.140. The second-order valence-electron chi connectivity index (χ2n) is 5.10. The van der Waals surface area contributed by atoms with Gasteiger partial charge in [-0.3, -0.25) is 9.69 Å². The molecule has 0 aliphatic carbocycles. The molecule has 3 aromatic rings. The Bertz CT molecular complexity index is 884. The molecule has 0 saturated heterocycles. The van der Waals surface area contributed by atoms with Crippen LogP contribution in [0.2, 0.25) is 0 Å². The molecule has 0 spiro atoms. The second-order valence-corrected chi connectivity index (χ2v) is 6.99. The van der Waals surface area contributed by atoms with E-state index in [1.165, 1.54) is 16.7 Å². The number of anilines is 1. The summed E-state index contributed by atoms with van der Waals surface area (Å²) in [5.74, 6) is 0.827. The minimum absolute atomic E-state index is 0.0165. The number of carbonyl (C=O) groups excluding carboxylic acids is 1. The number of rotatable bonds is 6. The molecule has 126 valence electrons. The highest BCUT2D eigenvalue weighted by molar-refractivity contribution is 7.99. The topological polar surface area (TPSA) is 74.8 Å². The lowest BCUT2D eigenvalue weighted by atomic mass is 10.3. The van der Waals surface area contributed by atoms with Crippen molar-refractivity contribution in [3.63, 3.8) is 0 Å². The highest BCUT2D eigenvalue weighted by Crippen LogP contribution is 2.26. The summed E-state index contributed by atoms with van der Waals surface area (Å²) >= 11 is 2.91. The van der Waals surface area contributed by atoms with Crippen LogP contribution in [0.4, 0.5) is 5.69 Å². The number of aromatic nitrogens is 3. The SMILES string of the molecule is Cn1c(SCC(=O)N(CC#N)c2ccccc2)nnc1-c1cccs1. The van der Waals surface area contributed by atoms with Crippen molar-refractivity contribution < 1.29 is 4.79 Å². The zero-order chi connectivity index (χ0) is 17.6. The summed E-state index contributed by atoms with van der Waals surface area (Å²) in [5, 5.41) is 20.0. The lowest BCUT2D eigenvalue weighted by Crippen LogP contribution is -2.32. The van der Waals surface area contributed by atoms with Crippen LogP contribution in [-0.4, -0.2) is 33.0 Å². The maximum absolute atomic E-state index is 12.6. The molecule has 0 N–H and O–H groups in total. The summed E-state index contributed by atoms with van der Waals surface area (Å²) in [5.41, 5.74) is 0.715. The van der Waals surface area contributed by atoms with Gasteiger partial charge in [0.15, 0.2) is 11.0 Å². The van der Waals surface area contributed by atoms with Gasteiger partial charge in [-0.2, -0.15) is 5.26 Å². The first-order valence-electron chi connectivity index (χ1n) is 7.49. The zero-order valence-corrected chi connectivity index (χ0v) is 15.1. The van der Waals surface area contributed by atoms with E-state index in [0.717, 1.165) is 10.7 Å². The number of thiophene rings is 1. The van der Waals surface area contributed by atoms with Gasteiger partial charge in [0, 0.05) is 12.7 Å². The lowest BCUT2D eigenvalue weighted by molar-refractivity contribution is -0.116. The van der Waals surface area contributed by atoms with Gasteiger partial charge in [-0.05, 0) is 23.6 Å². The first-order chi connectivity index (χ1) is 12.2. The van der Waals surface area contributed by atoms with Crippen molar-refractivity contribution in [3.05, 3.63) is 47.8 Å². The molecule has 2 aromatic heterocycles. The van der Waals surface area contributed by atoms with E-state index in [1.807, 2.05) is 65.5 Å². The fourth-order valence-corrected chi connectivity index (χ4v) is 3.80. The first kappa shape index (κ1) is 17.2. The predicted molar refractivity (Wildman–Crippen MR) is 99.4 cm³/mol. The van der Waals surface area contributed by atoms with E-state index in [0.29, 0.717) is 10.8 Å². The van der Waals surface area contributed by atoms with E-state index in [2.05, 4.69) is 10.2 Å². The third-order valence-corrected chi connectivity index (χ3v) is 5.37. The summed E-state index contributed by atoms with van der Waals surface area (Å²) in [6, 6.07) is 15.2. The van der Waals surface area contributed by atoms with E-state index in [9.17, 15) is 4.79 Å². The quantitative estimate of drug-likeness (QED) is 0.493. The number of benzene rings is 1. The summed E-state index contributed by atoms with van der Waals surface area (Å²) in [6.07, 6.45) is 0. The Morgan fingerprint density at radius 2 is 2.08 bits per heavy atom. The Labute approximate surface area is 153 Å². The van der Waals surface area contributed by atoms with Crippen molar-refractivity contribution in [2.45, 2.75) is 5.16 Å². The number of thioether (sulfide) groups is 1. The van der Waals surface area contributed by atoms with Gasteiger partial charge < -0.3 is 4.57 Å². The first-order valence-corrected chi connectivity index (χ1v) is 9.35. The van der Waals surface area contributed by atoms with Crippen LogP contribution in [0.25, 0.3) is 10.7 Å². The van der Waals surface area contributed by atoms with Crippen LogP contribution in [0.5, 0.6) is 0 Å². The van der Waals surface area contributed by atoms with Crippen molar-refractivity contribution in [1.82, 2.24) is 14.8 Å². The highest BCUT2D eigenvalue weighted by atomic mass is 32.2. The van der Waals surface area contributed by atoms with Crippen LogP contribution in [0.3, 0.4) is 0 Å². The number of hydrogen-bond donors (Lipinski definition) is 0. The van der Waals surface area contributed by atoms with E-state index in [4.69, 9.17) is 5.26 Å². The van der Waals surface area contributed by atoms with Gasteiger partial charge in [-0.25, -0.2) is 0 Å². The Morgan fingerprint density at radius 1 is 1.28 bits per heavy atom. The van der Waals surface area contributed by atoms with Crippen LogP contribution in [0.15, 0.2) is 53.0 Å². The third kappa shape index (κ3) is 3.90. The Hall–Kier alpha value is -2.63. The summed E-state index contributed by atoms with van der Waals surface area (Å²) in [7, 11) is 1.88. The van der Waals surface area contributed by atoms with E-state index < -0.39 is 0 Å². The molecule has 25 heavy (non-hydrogen) atoms. The molecule has 0 bridgehead atoms. The van der Waals surface area contributed by atoms with Gasteiger partial charge in [-0.15, -0.1) is 21.5 Å². The molecule has 2 heterocycles. The number of nitrogens with zero attached hydrogens (tertiary/aromatic N) is 5. The fraction of sp³-hybridized carbons (Fsp3) is 0.176.